The molecule has 0 radical (unpaired) electrons. The molecule has 1 unspecified atom stereocenters. The Balaban J connectivity index is 2.01. The van der Waals surface area contributed by atoms with Crippen molar-refractivity contribution in [3.63, 3.8) is 0 Å². The van der Waals surface area contributed by atoms with Gasteiger partial charge in [-0.1, -0.05) is 52.4 Å². The second-order valence-corrected chi connectivity index (χ2v) is 8.09. The molecule has 0 spiro atoms. The van der Waals surface area contributed by atoms with Crippen molar-refractivity contribution in [2.75, 3.05) is 0 Å². The molecule has 1 heterocycles. The van der Waals surface area contributed by atoms with Gasteiger partial charge in [0.15, 0.2) is 0 Å². The van der Waals surface area contributed by atoms with Gasteiger partial charge >= 0.3 is 0 Å². The van der Waals surface area contributed by atoms with Crippen LogP contribution in [0.4, 0.5) is 0 Å². The van der Waals surface area contributed by atoms with Gasteiger partial charge < -0.3 is 26.2 Å². The van der Waals surface area contributed by atoms with E-state index in [2.05, 4.69) is 15.3 Å². The van der Waals surface area contributed by atoms with Gasteiger partial charge in [0.25, 0.3) is 0 Å². The summed E-state index contributed by atoms with van der Waals surface area (Å²) in [7, 11) is 0. The lowest BCUT2D eigenvalue weighted by molar-refractivity contribution is -0.125. The first-order valence-electron chi connectivity index (χ1n) is 10.3. The summed E-state index contributed by atoms with van der Waals surface area (Å²) in [6.07, 6.45) is 9.02. The topological polar surface area (TPSA) is 124 Å². The van der Waals surface area contributed by atoms with E-state index in [9.17, 15) is 15.0 Å². The molecule has 1 aliphatic rings. The lowest BCUT2D eigenvalue weighted by Gasteiger charge is -2.34. The van der Waals surface area contributed by atoms with Crippen molar-refractivity contribution < 1.29 is 15.0 Å². The number of nitrogens with zero attached hydrogens (tertiary/aromatic N) is 1. The third kappa shape index (κ3) is 6.59. The number of carbonyl (C=O) groups excluding carboxylic acids is 1. The lowest BCUT2D eigenvalue weighted by atomic mass is 9.81. The van der Waals surface area contributed by atoms with Crippen molar-refractivity contribution in [1.29, 1.82) is 0 Å². The lowest BCUT2D eigenvalue weighted by Crippen LogP contribution is -2.54. The number of hydrogen-bond acceptors (Lipinski definition) is 5. The summed E-state index contributed by atoms with van der Waals surface area (Å²) < 4.78 is 0. The second-order valence-electron chi connectivity index (χ2n) is 8.09. The van der Waals surface area contributed by atoms with Gasteiger partial charge in [0.1, 0.15) is 6.10 Å². The molecule has 0 bridgehead atoms. The molecule has 0 aliphatic heterocycles. The first-order valence-corrected chi connectivity index (χ1v) is 10.3. The quantitative estimate of drug-likeness (QED) is 0.421. The maximum absolute atomic E-state index is 12.6. The summed E-state index contributed by atoms with van der Waals surface area (Å²) in [5, 5.41) is 24.2. The van der Waals surface area contributed by atoms with Crippen LogP contribution in [-0.4, -0.2) is 50.4 Å². The summed E-state index contributed by atoms with van der Waals surface area (Å²) in [6.45, 7) is 3.89. The summed E-state index contributed by atoms with van der Waals surface area (Å²) in [5.74, 6) is 0.114. The van der Waals surface area contributed by atoms with E-state index in [0.29, 0.717) is 18.8 Å². The molecule has 0 aromatic carbocycles. The molecule has 1 aliphatic carbocycles. The van der Waals surface area contributed by atoms with E-state index in [-0.39, 0.29) is 11.8 Å². The van der Waals surface area contributed by atoms with E-state index in [0.717, 1.165) is 25.0 Å². The maximum atomic E-state index is 12.6. The zero-order valence-electron chi connectivity index (χ0n) is 16.6. The Labute approximate surface area is 162 Å². The number of carbonyl (C=O) groups is 1. The molecule has 2 rings (SSSR count). The Morgan fingerprint density at radius 1 is 1.33 bits per heavy atom. The fourth-order valence-corrected chi connectivity index (χ4v) is 3.89. The van der Waals surface area contributed by atoms with E-state index in [1.807, 2.05) is 13.8 Å². The fraction of sp³-hybridized carbons (Fsp3) is 0.800. The van der Waals surface area contributed by atoms with Crippen LogP contribution >= 0.6 is 0 Å². The molecule has 1 fully saturated rings. The van der Waals surface area contributed by atoms with E-state index >= 15 is 0 Å². The highest BCUT2D eigenvalue weighted by molar-refractivity contribution is 5.82. The molecular formula is C20H36N4O3. The van der Waals surface area contributed by atoms with Crippen molar-refractivity contribution in [1.82, 2.24) is 15.3 Å². The number of H-pyrrole nitrogens is 1. The standard InChI is InChI=1S/C20H36N4O3/c1-3-13(2)18(25)19(26)17(9-14-7-5-4-6-8-14)24-20(27)16(21)10-15-11-22-12-23-15/h11-14,16-19,25-26H,3-10,21H2,1-2H3,(H,22,23)(H,24,27)/t13-,16?,17-,18+,19-/m0/s1. The van der Waals surface area contributed by atoms with E-state index in [1.54, 1.807) is 12.5 Å². The van der Waals surface area contributed by atoms with Gasteiger partial charge in [0.2, 0.25) is 5.91 Å². The van der Waals surface area contributed by atoms with Crippen LogP contribution in [0.3, 0.4) is 0 Å². The minimum Gasteiger partial charge on any atom is -0.390 e. The van der Waals surface area contributed by atoms with Crippen molar-refractivity contribution in [3.05, 3.63) is 18.2 Å². The molecule has 0 saturated heterocycles. The Hall–Kier alpha value is -1.44. The summed E-state index contributed by atoms with van der Waals surface area (Å²) in [4.78, 5) is 19.6. The number of hydrogen-bond donors (Lipinski definition) is 5. The second kappa shape index (κ2) is 10.8. The summed E-state index contributed by atoms with van der Waals surface area (Å²) in [5.41, 5.74) is 6.77. The largest absolute Gasteiger partial charge is 0.390 e. The fourth-order valence-electron chi connectivity index (χ4n) is 3.89. The molecular weight excluding hydrogens is 344 g/mol. The first kappa shape index (κ1) is 21.9. The van der Waals surface area contributed by atoms with Crippen molar-refractivity contribution in [2.45, 2.75) is 89.5 Å². The van der Waals surface area contributed by atoms with Crippen LogP contribution in [0.5, 0.6) is 0 Å². The number of aromatic amines is 1. The average Bonchev–Trinajstić information content (AvgIpc) is 3.19. The predicted octanol–water partition coefficient (Wildman–Crippen LogP) is 1.50. The van der Waals surface area contributed by atoms with Gasteiger partial charge in [-0.3, -0.25) is 4.79 Å². The van der Waals surface area contributed by atoms with Crippen LogP contribution in [0.25, 0.3) is 0 Å². The number of amides is 1. The Morgan fingerprint density at radius 3 is 2.63 bits per heavy atom. The molecule has 154 valence electrons. The monoisotopic (exact) mass is 380 g/mol. The number of rotatable bonds is 10. The number of aliphatic hydroxyl groups excluding tert-OH is 2. The Bertz CT molecular complexity index is 545. The van der Waals surface area contributed by atoms with Gasteiger partial charge in [-0.25, -0.2) is 4.98 Å². The van der Waals surface area contributed by atoms with Crippen LogP contribution in [0.1, 0.15) is 64.5 Å². The molecule has 1 amide bonds. The Kier molecular flexibility index (Phi) is 8.73. The van der Waals surface area contributed by atoms with Crippen LogP contribution in [0.2, 0.25) is 0 Å². The average molecular weight is 381 g/mol. The molecule has 7 nitrogen and oxygen atoms in total. The number of aromatic nitrogens is 2. The highest BCUT2D eigenvalue weighted by Gasteiger charge is 2.33. The van der Waals surface area contributed by atoms with E-state index in [1.165, 1.54) is 19.3 Å². The zero-order valence-corrected chi connectivity index (χ0v) is 16.6. The molecule has 7 heteroatoms. The first-order chi connectivity index (χ1) is 12.9. The van der Waals surface area contributed by atoms with Crippen LogP contribution in [-0.2, 0) is 11.2 Å². The molecule has 1 aromatic rings. The van der Waals surface area contributed by atoms with E-state index in [4.69, 9.17) is 5.73 Å². The van der Waals surface area contributed by atoms with Crippen molar-refractivity contribution in [3.8, 4) is 0 Å². The third-order valence-corrected chi connectivity index (χ3v) is 5.95. The minimum atomic E-state index is -0.997. The predicted molar refractivity (Wildman–Crippen MR) is 105 cm³/mol. The third-order valence-electron chi connectivity index (χ3n) is 5.95. The van der Waals surface area contributed by atoms with Crippen LogP contribution < -0.4 is 11.1 Å². The van der Waals surface area contributed by atoms with Crippen molar-refractivity contribution >= 4 is 5.91 Å². The minimum absolute atomic E-state index is 0.0384. The normalized spacial score (nSPS) is 21.2. The maximum Gasteiger partial charge on any atom is 0.237 e. The highest BCUT2D eigenvalue weighted by atomic mass is 16.3. The molecule has 6 N–H and O–H groups in total. The van der Waals surface area contributed by atoms with E-state index < -0.39 is 24.3 Å². The van der Waals surface area contributed by atoms with Gasteiger partial charge in [-0.2, -0.15) is 0 Å². The zero-order chi connectivity index (χ0) is 19.8. The molecule has 27 heavy (non-hydrogen) atoms. The molecule has 5 atom stereocenters. The smallest absolute Gasteiger partial charge is 0.237 e. The molecule has 1 saturated carbocycles. The van der Waals surface area contributed by atoms with Gasteiger partial charge in [-0.05, 0) is 18.3 Å². The van der Waals surface area contributed by atoms with Crippen LogP contribution in [0, 0.1) is 11.8 Å². The van der Waals surface area contributed by atoms with Gasteiger partial charge in [0.05, 0.1) is 30.2 Å². The van der Waals surface area contributed by atoms with Gasteiger partial charge in [-0.15, -0.1) is 0 Å². The number of nitrogens with one attached hydrogen (secondary N) is 2. The van der Waals surface area contributed by atoms with Crippen LogP contribution in [0.15, 0.2) is 12.5 Å². The molecule has 1 aromatic heterocycles. The number of nitrogens with two attached hydrogens (primary N) is 1. The SMILES string of the molecule is CC[C@H](C)[C@@H](O)[C@@H](O)[C@H](CC1CCCCC1)NC(=O)C(N)Cc1c[nH]cn1. The number of aliphatic hydroxyl groups is 2. The van der Waals surface area contributed by atoms with Crippen molar-refractivity contribution in [2.24, 2.45) is 17.6 Å². The summed E-state index contributed by atoms with van der Waals surface area (Å²) >= 11 is 0. The van der Waals surface area contributed by atoms with Gasteiger partial charge in [0, 0.05) is 12.6 Å². The highest BCUT2D eigenvalue weighted by Crippen LogP contribution is 2.29. The number of imidazole rings is 1. The summed E-state index contributed by atoms with van der Waals surface area (Å²) in [6, 6.07) is -1.23. The Morgan fingerprint density at radius 2 is 2.04 bits per heavy atom.